The molecule has 0 bridgehead atoms. The van der Waals surface area contributed by atoms with Crippen molar-refractivity contribution in [3.05, 3.63) is 13.2 Å². The van der Waals surface area contributed by atoms with Crippen LogP contribution in [0.4, 0.5) is 0 Å². The van der Waals surface area contributed by atoms with Crippen molar-refractivity contribution >= 4 is 0 Å². The van der Waals surface area contributed by atoms with E-state index in [1.165, 1.54) is 0 Å². The molecule has 0 aromatic carbocycles. The lowest BCUT2D eigenvalue weighted by Gasteiger charge is -2.01. The summed E-state index contributed by atoms with van der Waals surface area (Å²) in [6, 6.07) is 0. The molecule has 4 nitrogen and oxygen atoms in total. The zero-order chi connectivity index (χ0) is 9.66. The number of aliphatic hydroxyl groups excluding tert-OH is 2. The summed E-state index contributed by atoms with van der Waals surface area (Å²) in [6.45, 7) is 7.73. The Morgan fingerprint density at radius 1 is 0.750 bits per heavy atom. The van der Waals surface area contributed by atoms with E-state index in [1.807, 2.05) is 0 Å². The average Bonchev–Trinajstić information content (AvgIpc) is 2.15. The minimum Gasteiger partial charge on any atom is -0.394 e. The van der Waals surface area contributed by atoms with E-state index in [9.17, 15) is 0 Å². The first kappa shape index (κ1) is 14.1. The zero-order valence-electron chi connectivity index (χ0n) is 7.37. The highest BCUT2D eigenvalue weighted by molar-refractivity contribution is 4.30. The van der Waals surface area contributed by atoms with Gasteiger partial charge in [-0.15, -0.1) is 13.2 Å². The summed E-state index contributed by atoms with van der Waals surface area (Å²) in [7, 11) is 0. The molecule has 12 heavy (non-hydrogen) atoms. The van der Waals surface area contributed by atoms with Gasteiger partial charge in [-0.3, -0.25) is 0 Å². The van der Waals surface area contributed by atoms with Crippen molar-refractivity contribution in [3.63, 3.8) is 0 Å². The van der Waals surface area contributed by atoms with Crippen LogP contribution in [0.3, 0.4) is 0 Å². The molecule has 0 aromatic heterocycles. The minimum absolute atomic E-state index is 0.0417. The molecule has 0 radical (unpaired) electrons. The maximum Gasteiger partial charge on any atom is 0.0701 e. The predicted octanol–water partition coefficient (Wildman–Crippen LogP) is -0.194. The van der Waals surface area contributed by atoms with Gasteiger partial charge in [0.15, 0.2) is 0 Å². The van der Waals surface area contributed by atoms with Crippen LogP contribution in [0.5, 0.6) is 0 Å². The molecule has 0 amide bonds. The number of hydrogen-bond donors (Lipinski definition) is 2. The third-order valence-electron chi connectivity index (χ3n) is 0.843. The van der Waals surface area contributed by atoms with E-state index >= 15 is 0 Å². The van der Waals surface area contributed by atoms with E-state index in [0.717, 1.165) is 0 Å². The van der Waals surface area contributed by atoms with Crippen molar-refractivity contribution < 1.29 is 19.7 Å². The highest BCUT2D eigenvalue weighted by atomic mass is 16.5. The van der Waals surface area contributed by atoms with E-state index in [1.54, 1.807) is 0 Å². The molecule has 2 N–H and O–H groups in total. The summed E-state index contributed by atoms with van der Waals surface area (Å²) >= 11 is 0. The largest absolute Gasteiger partial charge is 0.394 e. The van der Waals surface area contributed by atoms with E-state index in [4.69, 9.17) is 19.7 Å². The van der Waals surface area contributed by atoms with Gasteiger partial charge in [0.05, 0.1) is 39.6 Å². The molecule has 0 aromatic rings. The van der Waals surface area contributed by atoms with Gasteiger partial charge in [0, 0.05) is 0 Å². The first-order valence-corrected chi connectivity index (χ1v) is 3.79. The molecule has 0 aliphatic rings. The van der Waals surface area contributed by atoms with Crippen molar-refractivity contribution in [2.24, 2.45) is 0 Å². The first-order valence-electron chi connectivity index (χ1n) is 3.79. The Morgan fingerprint density at radius 2 is 1.08 bits per heavy atom. The molecule has 0 heterocycles. The van der Waals surface area contributed by atoms with Crippen LogP contribution in [0.2, 0.25) is 0 Å². The van der Waals surface area contributed by atoms with Crippen LogP contribution in [0.15, 0.2) is 13.2 Å². The van der Waals surface area contributed by atoms with Gasteiger partial charge in [0.25, 0.3) is 0 Å². The third kappa shape index (κ3) is 16.3. The number of rotatable bonds is 7. The van der Waals surface area contributed by atoms with Crippen molar-refractivity contribution in [1.29, 1.82) is 0 Å². The quantitative estimate of drug-likeness (QED) is 0.419. The van der Waals surface area contributed by atoms with Crippen LogP contribution >= 0.6 is 0 Å². The fourth-order valence-corrected chi connectivity index (χ4v) is 0.451. The third-order valence-corrected chi connectivity index (χ3v) is 0.843. The smallest absolute Gasteiger partial charge is 0.0701 e. The highest BCUT2D eigenvalue weighted by Gasteiger charge is 1.86. The van der Waals surface area contributed by atoms with E-state index < -0.39 is 0 Å². The second kappa shape index (κ2) is 16.9. The molecule has 0 rings (SSSR count). The molecular formula is C8H18O4. The fraction of sp³-hybridized carbons (Fsp3) is 0.750. The van der Waals surface area contributed by atoms with Crippen LogP contribution in [0, 0.1) is 0 Å². The van der Waals surface area contributed by atoms with Crippen molar-refractivity contribution in [3.8, 4) is 0 Å². The summed E-state index contributed by atoms with van der Waals surface area (Å²) in [5.41, 5.74) is 0. The van der Waals surface area contributed by atoms with Gasteiger partial charge in [-0.25, -0.2) is 0 Å². The molecule has 0 spiro atoms. The molecule has 0 aliphatic heterocycles. The minimum atomic E-state index is 0.0417. The lowest BCUT2D eigenvalue weighted by atomic mass is 10.7. The second-order valence-corrected chi connectivity index (χ2v) is 1.67. The molecule has 0 aliphatic carbocycles. The topological polar surface area (TPSA) is 58.9 Å². The Hall–Kier alpha value is -0.420. The summed E-state index contributed by atoms with van der Waals surface area (Å²) < 4.78 is 9.75. The van der Waals surface area contributed by atoms with Gasteiger partial charge in [-0.1, -0.05) is 0 Å². The van der Waals surface area contributed by atoms with Crippen LogP contribution in [-0.2, 0) is 9.47 Å². The Morgan fingerprint density at radius 3 is 1.33 bits per heavy atom. The Balaban J connectivity index is 0. The maximum atomic E-state index is 8.26. The van der Waals surface area contributed by atoms with Crippen molar-refractivity contribution in [2.75, 3.05) is 39.6 Å². The number of ether oxygens (including phenoxy) is 2. The summed E-state index contributed by atoms with van der Waals surface area (Å²) in [5, 5.41) is 16.5. The molecule has 0 fully saturated rings. The van der Waals surface area contributed by atoms with Crippen LogP contribution < -0.4 is 0 Å². The van der Waals surface area contributed by atoms with Gasteiger partial charge in [0.1, 0.15) is 0 Å². The Labute approximate surface area is 73.4 Å². The van der Waals surface area contributed by atoms with Crippen molar-refractivity contribution in [1.82, 2.24) is 0 Å². The zero-order valence-corrected chi connectivity index (χ0v) is 7.37. The Kier molecular flexibility index (Phi) is 19.9. The number of hydrogen-bond acceptors (Lipinski definition) is 4. The van der Waals surface area contributed by atoms with Crippen LogP contribution in [-0.4, -0.2) is 49.9 Å². The van der Waals surface area contributed by atoms with Gasteiger partial charge >= 0.3 is 0 Å². The lowest BCUT2D eigenvalue weighted by molar-refractivity contribution is 0.0222. The van der Waals surface area contributed by atoms with E-state index in [0.29, 0.717) is 26.4 Å². The standard InChI is InChI=1S/C6H14O4.C2H4/c7-1-3-9-5-6-10-4-2-8;1-2/h7-8H,1-6H2;1-2H2. The van der Waals surface area contributed by atoms with E-state index in [2.05, 4.69) is 13.2 Å². The van der Waals surface area contributed by atoms with Crippen molar-refractivity contribution in [2.45, 2.75) is 0 Å². The monoisotopic (exact) mass is 178 g/mol. The van der Waals surface area contributed by atoms with Gasteiger partial charge < -0.3 is 19.7 Å². The first-order chi connectivity index (χ1) is 5.91. The van der Waals surface area contributed by atoms with Gasteiger partial charge in [0.2, 0.25) is 0 Å². The lowest BCUT2D eigenvalue weighted by Crippen LogP contribution is -2.09. The summed E-state index contributed by atoms with van der Waals surface area (Å²) in [5.74, 6) is 0. The van der Waals surface area contributed by atoms with Gasteiger partial charge in [-0.05, 0) is 0 Å². The van der Waals surface area contributed by atoms with Gasteiger partial charge in [-0.2, -0.15) is 0 Å². The molecule has 0 saturated carbocycles. The SMILES string of the molecule is C=C.OCCOCCOCCO. The van der Waals surface area contributed by atoms with Crippen LogP contribution in [0.1, 0.15) is 0 Å². The molecule has 0 saturated heterocycles. The molecule has 0 unspecified atom stereocenters. The summed E-state index contributed by atoms with van der Waals surface area (Å²) in [4.78, 5) is 0. The van der Waals surface area contributed by atoms with Crippen LogP contribution in [0.25, 0.3) is 0 Å². The number of aliphatic hydroxyl groups is 2. The molecular weight excluding hydrogens is 160 g/mol. The Bertz CT molecular complexity index is 60.1. The predicted molar refractivity (Wildman–Crippen MR) is 47.1 cm³/mol. The average molecular weight is 178 g/mol. The molecule has 74 valence electrons. The highest BCUT2D eigenvalue weighted by Crippen LogP contribution is 1.76. The second-order valence-electron chi connectivity index (χ2n) is 1.67. The normalized spacial score (nSPS) is 8.83. The van der Waals surface area contributed by atoms with E-state index in [-0.39, 0.29) is 13.2 Å². The summed E-state index contributed by atoms with van der Waals surface area (Å²) in [6.07, 6.45) is 0. The molecule has 4 heteroatoms. The maximum absolute atomic E-state index is 8.26. The molecule has 0 atom stereocenters. The fourth-order valence-electron chi connectivity index (χ4n) is 0.451.